The predicted molar refractivity (Wildman–Crippen MR) is 107 cm³/mol. The smallest absolute Gasteiger partial charge is 0.277 e. The number of nitrogens with zero attached hydrogens (tertiary/aromatic N) is 4. The average Bonchev–Trinajstić information content (AvgIpc) is 3.16. The van der Waals surface area contributed by atoms with Crippen LogP contribution in [-0.2, 0) is 6.54 Å². The second-order valence-corrected chi connectivity index (χ2v) is 8.10. The highest BCUT2D eigenvalue weighted by atomic mass is 16.5. The summed E-state index contributed by atoms with van der Waals surface area (Å²) in [4.78, 5) is 24.6. The molecule has 2 aromatic heterocycles. The molecule has 5 rings (SSSR count). The fourth-order valence-corrected chi connectivity index (χ4v) is 4.57. The summed E-state index contributed by atoms with van der Waals surface area (Å²) >= 11 is 0. The number of carbonyl (C=O) groups excluding carboxylic acids is 1. The molecule has 2 aliphatic rings. The van der Waals surface area contributed by atoms with Crippen molar-refractivity contribution in [2.45, 2.75) is 19.4 Å². The first-order chi connectivity index (χ1) is 14.2. The molecule has 2 fully saturated rings. The Morgan fingerprint density at radius 3 is 2.62 bits per heavy atom. The normalized spacial score (nSPS) is 18.7. The first-order valence-electron chi connectivity index (χ1n) is 9.85. The molecule has 8 nitrogen and oxygen atoms in total. The number of fused-ring (bicyclic) bond motifs is 1. The number of amides is 1. The fraction of sp³-hybridized carbons (Fsp3) is 0.381. The molecule has 4 heterocycles. The number of benzene rings is 1. The summed E-state index contributed by atoms with van der Waals surface area (Å²) in [6.07, 6.45) is 6.99. The number of piperidine rings is 1. The number of para-hydroxylation sites is 1. The Morgan fingerprint density at radius 1 is 1.17 bits per heavy atom. The van der Waals surface area contributed by atoms with Crippen LogP contribution in [0.5, 0.6) is 0 Å². The lowest BCUT2D eigenvalue weighted by Crippen LogP contribution is -2.59. The van der Waals surface area contributed by atoms with Crippen molar-refractivity contribution in [2.24, 2.45) is 5.41 Å². The Hall–Kier alpha value is -2.97. The molecule has 8 heteroatoms. The van der Waals surface area contributed by atoms with Crippen molar-refractivity contribution in [1.29, 1.82) is 0 Å². The number of aromatic nitrogens is 2. The summed E-state index contributed by atoms with van der Waals surface area (Å²) in [5.74, 6) is 0.0319. The summed E-state index contributed by atoms with van der Waals surface area (Å²) < 4.78 is 5.66. The summed E-state index contributed by atoms with van der Waals surface area (Å²) in [6, 6.07) is 8.19. The van der Waals surface area contributed by atoms with E-state index in [0.29, 0.717) is 11.4 Å². The highest BCUT2D eigenvalue weighted by Gasteiger charge is 2.45. The number of nitrogens with one attached hydrogen (secondary N) is 1. The van der Waals surface area contributed by atoms with E-state index >= 15 is 0 Å². The number of rotatable bonds is 4. The van der Waals surface area contributed by atoms with Gasteiger partial charge in [-0.05, 0) is 24.3 Å². The topological polar surface area (TPSA) is 94.7 Å². The molecule has 1 aromatic carbocycles. The lowest BCUT2D eigenvalue weighted by molar-refractivity contribution is -0.0240. The second kappa shape index (κ2) is 7.13. The van der Waals surface area contributed by atoms with Crippen LogP contribution in [0, 0.1) is 5.41 Å². The van der Waals surface area contributed by atoms with Crippen LogP contribution in [0.4, 0.5) is 5.95 Å². The first kappa shape index (κ1) is 18.1. The van der Waals surface area contributed by atoms with Crippen molar-refractivity contribution in [2.75, 3.05) is 31.1 Å². The molecule has 0 aliphatic carbocycles. The van der Waals surface area contributed by atoms with Gasteiger partial charge in [-0.1, -0.05) is 18.2 Å². The number of hydrogen-bond donors (Lipinski definition) is 2. The number of hydrogen-bond acceptors (Lipinski definition) is 7. The molecule has 0 unspecified atom stereocenters. The monoisotopic (exact) mass is 393 g/mol. The van der Waals surface area contributed by atoms with Crippen LogP contribution in [0.2, 0.25) is 0 Å². The molecule has 0 radical (unpaired) electrons. The van der Waals surface area contributed by atoms with Crippen molar-refractivity contribution in [1.82, 2.24) is 20.3 Å². The van der Waals surface area contributed by atoms with Crippen molar-refractivity contribution in [3.8, 4) is 0 Å². The van der Waals surface area contributed by atoms with Crippen LogP contribution < -0.4 is 10.4 Å². The van der Waals surface area contributed by atoms with Gasteiger partial charge in [-0.2, -0.15) is 0 Å². The molecule has 0 atom stereocenters. The molecule has 1 spiro atoms. The SMILES string of the molecule is O=C(NO)c1cnc(N2CCC3(CC2)CN(Cc2coc4ccccc24)C3)nc1. The Kier molecular flexibility index (Phi) is 4.44. The zero-order chi connectivity index (χ0) is 19.8. The summed E-state index contributed by atoms with van der Waals surface area (Å²) in [6.45, 7) is 4.97. The Bertz CT molecular complexity index is 1020. The van der Waals surface area contributed by atoms with Gasteiger partial charge >= 0.3 is 0 Å². The van der Waals surface area contributed by atoms with Gasteiger partial charge in [0.2, 0.25) is 5.95 Å². The molecule has 3 aromatic rings. The Labute approximate surface area is 168 Å². The third-order valence-corrected chi connectivity index (χ3v) is 6.18. The molecule has 2 aliphatic heterocycles. The summed E-state index contributed by atoms with van der Waals surface area (Å²) in [7, 11) is 0. The van der Waals surface area contributed by atoms with Gasteiger partial charge in [0, 0.05) is 56.1 Å². The molecular weight excluding hydrogens is 370 g/mol. The van der Waals surface area contributed by atoms with Crippen LogP contribution in [0.1, 0.15) is 28.8 Å². The quantitative estimate of drug-likeness (QED) is 0.519. The molecule has 1 amide bonds. The number of likely N-dealkylation sites (tertiary alicyclic amines) is 1. The number of furan rings is 1. The highest BCUT2D eigenvalue weighted by molar-refractivity contribution is 5.92. The van der Waals surface area contributed by atoms with Gasteiger partial charge in [0.1, 0.15) is 5.58 Å². The Balaban J connectivity index is 1.16. The molecule has 0 bridgehead atoms. The van der Waals surface area contributed by atoms with E-state index in [-0.39, 0.29) is 5.56 Å². The maximum Gasteiger partial charge on any atom is 0.277 e. The maximum atomic E-state index is 11.4. The van der Waals surface area contributed by atoms with Crippen molar-refractivity contribution in [3.63, 3.8) is 0 Å². The lowest BCUT2D eigenvalue weighted by atomic mass is 9.72. The van der Waals surface area contributed by atoms with Gasteiger partial charge in [-0.15, -0.1) is 0 Å². The molecule has 150 valence electrons. The Morgan fingerprint density at radius 2 is 1.90 bits per heavy atom. The third kappa shape index (κ3) is 3.34. The van der Waals surface area contributed by atoms with Gasteiger partial charge in [-0.25, -0.2) is 15.4 Å². The van der Waals surface area contributed by atoms with Crippen LogP contribution >= 0.6 is 0 Å². The second-order valence-electron chi connectivity index (χ2n) is 8.10. The van der Waals surface area contributed by atoms with Crippen LogP contribution in [0.3, 0.4) is 0 Å². The number of anilines is 1. The number of carbonyl (C=O) groups is 1. The van der Waals surface area contributed by atoms with Crippen molar-refractivity contribution >= 4 is 22.8 Å². The predicted octanol–water partition coefficient (Wildman–Crippen LogP) is 2.44. The van der Waals surface area contributed by atoms with Crippen LogP contribution in [-0.4, -0.2) is 52.2 Å². The number of hydroxylamine groups is 1. The van der Waals surface area contributed by atoms with E-state index in [2.05, 4.69) is 31.9 Å². The zero-order valence-electron chi connectivity index (χ0n) is 16.0. The van der Waals surface area contributed by atoms with E-state index in [1.54, 1.807) is 5.48 Å². The first-order valence-corrected chi connectivity index (χ1v) is 9.85. The van der Waals surface area contributed by atoms with Gasteiger partial charge in [-0.3, -0.25) is 14.9 Å². The van der Waals surface area contributed by atoms with E-state index in [1.165, 1.54) is 23.3 Å². The highest BCUT2D eigenvalue weighted by Crippen LogP contribution is 2.42. The molecule has 2 N–H and O–H groups in total. The summed E-state index contributed by atoms with van der Waals surface area (Å²) in [5.41, 5.74) is 4.43. The molecule has 2 saturated heterocycles. The molecule has 0 saturated carbocycles. The standard InChI is InChI=1S/C21H23N5O3/c27-19(24-28)15-9-22-20(23-10-15)26-7-5-21(6-8-26)13-25(14-21)11-16-12-29-18-4-2-1-3-17(16)18/h1-4,9-10,12,28H,5-8,11,13-14H2,(H,24,27). The molecule has 29 heavy (non-hydrogen) atoms. The van der Waals surface area contributed by atoms with Crippen molar-refractivity contribution < 1.29 is 14.4 Å². The maximum absolute atomic E-state index is 11.4. The van der Waals surface area contributed by atoms with Gasteiger partial charge in [0.25, 0.3) is 5.91 Å². The lowest BCUT2D eigenvalue weighted by Gasteiger charge is -2.54. The minimum atomic E-state index is -0.603. The van der Waals surface area contributed by atoms with Crippen LogP contribution in [0.25, 0.3) is 11.0 Å². The van der Waals surface area contributed by atoms with E-state index < -0.39 is 5.91 Å². The minimum absolute atomic E-state index is 0.242. The van der Waals surface area contributed by atoms with E-state index in [0.717, 1.165) is 51.1 Å². The molecular formula is C21H23N5O3. The summed E-state index contributed by atoms with van der Waals surface area (Å²) in [5, 5.41) is 9.88. The van der Waals surface area contributed by atoms with E-state index in [9.17, 15) is 4.79 Å². The van der Waals surface area contributed by atoms with E-state index in [4.69, 9.17) is 9.62 Å². The van der Waals surface area contributed by atoms with E-state index in [1.807, 2.05) is 18.4 Å². The van der Waals surface area contributed by atoms with Gasteiger partial charge < -0.3 is 9.32 Å². The third-order valence-electron chi connectivity index (χ3n) is 6.18. The largest absolute Gasteiger partial charge is 0.464 e. The average molecular weight is 393 g/mol. The fourth-order valence-electron chi connectivity index (χ4n) is 4.57. The van der Waals surface area contributed by atoms with Crippen LogP contribution in [0.15, 0.2) is 47.3 Å². The zero-order valence-corrected chi connectivity index (χ0v) is 16.0. The van der Waals surface area contributed by atoms with Gasteiger partial charge in [0.15, 0.2) is 0 Å². The van der Waals surface area contributed by atoms with Crippen molar-refractivity contribution in [3.05, 3.63) is 54.0 Å². The van der Waals surface area contributed by atoms with Gasteiger partial charge in [0.05, 0.1) is 11.8 Å². The minimum Gasteiger partial charge on any atom is -0.464 e.